The molecule has 0 radical (unpaired) electrons. The molecule has 1 heterocycles. The Morgan fingerprint density at radius 3 is 2.52 bits per heavy atom. The van der Waals surface area contributed by atoms with Gasteiger partial charge in [0.15, 0.2) is 28.7 Å². The first-order chi connectivity index (χ1) is 15.8. The van der Waals surface area contributed by atoms with Gasteiger partial charge in [0.05, 0.1) is 25.7 Å². The van der Waals surface area contributed by atoms with E-state index in [4.69, 9.17) is 14.2 Å². The summed E-state index contributed by atoms with van der Waals surface area (Å²) in [5.41, 5.74) is 0.514. The molecule has 33 heavy (non-hydrogen) atoms. The molecule has 3 rings (SSSR count). The zero-order valence-electron chi connectivity index (χ0n) is 19.2. The van der Waals surface area contributed by atoms with E-state index in [1.54, 1.807) is 50.4 Å². The Morgan fingerprint density at radius 1 is 1.09 bits per heavy atom. The Balaban J connectivity index is 1.71. The third kappa shape index (κ3) is 5.95. The summed E-state index contributed by atoms with van der Waals surface area (Å²) in [6.45, 7) is 5.74. The standard InChI is InChI=1S/C23H27FN4O4S/c1-14(2)28-22(15(3)32-19-9-7-6-8-17(19)24)26-27-23(28)33-13-21(29)25-18-12-16(30-4)10-11-20(18)31-5/h6-12,14-15H,13H2,1-5H3,(H,25,29). The van der Waals surface area contributed by atoms with Gasteiger partial charge in [-0.05, 0) is 45.0 Å². The van der Waals surface area contributed by atoms with Gasteiger partial charge < -0.3 is 24.1 Å². The maximum absolute atomic E-state index is 14.0. The Morgan fingerprint density at radius 2 is 1.85 bits per heavy atom. The van der Waals surface area contributed by atoms with Crippen LogP contribution in [0.15, 0.2) is 47.6 Å². The number of methoxy groups -OCH3 is 2. The van der Waals surface area contributed by atoms with Crippen LogP contribution in [0.2, 0.25) is 0 Å². The zero-order valence-corrected chi connectivity index (χ0v) is 20.0. The molecule has 0 aliphatic rings. The van der Waals surface area contributed by atoms with Crippen LogP contribution in [0.3, 0.4) is 0 Å². The molecule has 0 bridgehead atoms. The van der Waals surface area contributed by atoms with Gasteiger partial charge in [0.25, 0.3) is 0 Å². The van der Waals surface area contributed by atoms with Crippen molar-refractivity contribution in [1.82, 2.24) is 14.8 Å². The highest BCUT2D eigenvalue weighted by Crippen LogP contribution is 2.31. The van der Waals surface area contributed by atoms with Crippen LogP contribution in [0.1, 0.15) is 38.7 Å². The first kappa shape index (κ1) is 24.4. The summed E-state index contributed by atoms with van der Waals surface area (Å²) in [7, 11) is 3.08. The maximum Gasteiger partial charge on any atom is 0.234 e. The highest BCUT2D eigenvalue weighted by atomic mass is 32.2. The highest BCUT2D eigenvalue weighted by molar-refractivity contribution is 7.99. The summed E-state index contributed by atoms with van der Waals surface area (Å²) in [5, 5.41) is 11.9. The molecule has 0 aliphatic carbocycles. The molecule has 0 aliphatic heterocycles. The number of nitrogens with one attached hydrogen (secondary N) is 1. The number of ether oxygens (including phenoxy) is 3. The molecule has 3 aromatic rings. The van der Waals surface area contributed by atoms with Crippen LogP contribution in [0, 0.1) is 5.82 Å². The van der Waals surface area contributed by atoms with E-state index >= 15 is 0 Å². The molecule has 8 nitrogen and oxygen atoms in total. The van der Waals surface area contributed by atoms with Crippen molar-refractivity contribution in [3.63, 3.8) is 0 Å². The van der Waals surface area contributed by atoms with Crippen LogP contribution in [-0.2, 0) is 4.79 Å². The number of thioether (sulfide) groups is 1. The predicted molar refractivity (Wildman–Crippen MR) is 125 cm³/mol. The lowest BCUT2D eigenvalue weighted by molar-refractivity contribution is -0.113. The smallest absolute Gasteiger partial charge is 0.234 e. The molecule has 0 fully saturated rings. The molecular weight excluding hydrogens is 447 g/mol. The third-order valence-electron chi connectivity index (χ3n) is 4.72. The van der Waals surface area contributed by atoms with Gasteiger partial charge in [0.2, 0.25) is 5.91 Å². The van der Waals surface area contributed by atoms with Crippen LogP contribution in [-0.4, -0.2) is 40.6 Å². The number of rotatable bonds is 10. The first-order valence-corrected chi connectivity index (χ1v) is 11.3. The molecule has 0 spiro atoms. The van der Waals surface area contributed by atoms with Crippen molar-refractivity contribution in [2.75, 3.05) is 25.3 Å². The number of carbonyl (C=O) groups excluding carboxylic acids is 1. The number of hydrogen-bond acceptors (Lipinski definition) is 7. The van der Waals surface area contributed by atoms with Gasteiger partial charge in [0, 0.05) is 12.1 Å². The summed E-state index contributed by atoms with van der Waals surface area (Å²) in [6, 6.07) is 11.4. The molecule has 1 amide bonds. The van der Waals surface area contributed by atoms with E-state index in [-0.39, 0.29) is 23.5 Å². The van der Waals surface area contributed by atoms with Gasteiger partial charge in [-0.2, -0.15) is 0 Å². The SMILES string of the molecule is COc1ccc(OC)c(NC(=O)CSc2nnc(C(C)Oc3ccccc3F)n2C(C)C)c1. The van der Waals surface area contributed by atoms with Gasteiger partial charge in [-0.25, -0.2) is 4.39 Å². The molecule has 1 aromatic heterocycles. The Bertz CT molecular complexity index is 1110. The quantitative estimate of drug-likeness (QED) is 0.419. The Labute approximate surface area is 196 Å². The van der Waals surface area contributed by atoms with Crippen molar-refractivity contribution in [2.45, 2.75) is 38.1 Å². The summed E-state index contributed by atoms with van der Waals surface area (Å²) in [4.78, 5) is 12.6. The fourth-order valence-corrected chi connectivity index (χ4v) is 4.04. The van der Waals surface area contributed by atoms with E-state index in [9.17, 15) is 9.18 Å². The van der Waals surface area contributed by atoms with E-state index < -0.39 is 11.9 Å². The minimum Gasteiger partial charge on any atom is -0.497 e. The van der Waals surface area contributed by atoms with Crippen molar-refractivity contribution in [3.05, 3.63) is 54.1 Å². The minimum atomic E-state index is -0.541. The van der Waals surface area contributed by atoms with Gasteiger partial charge >= 0.3 is 0 Å². The van der Waals surface area contributed by atoms with Crippen LogP contribution in [0.25, 0.3) is 0 Å². The number of benzene rings is 2. The van der Waals surface area contributed by atoms with E-state index in [2.05, 4.69) is 15.5 Å². The average molecular weight is 475 g/mol. The lowest BCUT2D eigenvalue weighted by atomic mass is 10.2. The molecule has 0 saturated heterocycles. The van der Waals surface area contributed by atoms with Gasteiger partial charge in [-0.1, -0.05) is 23.9 Å². The van der Waals surface area contributed by atoms with Gasteiger partial charge in [-0.3, -0.25) is 4.79 Å². The molecule has 2 aromatic carbocycles. The topological polar surface area (TPSA) is 87.5 Å². The van der Waals surface area contributed by atoms with Crippen molar-refractivity contribution >= 4 is 23.4 Å². The number of nitrogens with zero attached hydrogens (tertiary/aromatic N) is 3. The van der Waals surface area contributed by atoms with Crippen molar-refractivity contribution in [3.8, 4) is 17.2 Å². The van der Waals surface area contributed by atoms with Crippen molar-refractivity contribution < 1.29 is 23.4 Å². The molecule has 0 saturated carbocycles. The minimum absolute atomic E-state index is 0.00529. The summed E-state index contributed by atoms with van der Waals surface area (Å²) in [6.07, 6.45) is -0.541. The molecule has 1 atom stereocenters. The number of halogens is 1. The van der Waals surface area contributed by atoms with E-state index in [1.807, 2.05) is 18.4 Å². The Kier molecular flexibility index (Phi) is 8.16. The molecule has 176 valence electrons. The lowest BCUT2D eigenvalue weighted by Crippen LogP contribution is -2.17. The van der Waals surface area contributed by atoms with Crippen LogP contribution >= 0.6 is 11.8 Å². The summed E-state index contributed by atoms with van der Waals surface area (Å²) >= 11 is 1.25. The second-order valence-electron chi connectivity index (χ2n) is 7.40. The van der Waals surface area contributed by atoms with Crippen molar-refractivity contribution in [2.24, 2.45) is 0 Å². The zero-order chi connectivity index (χ0) is 24.0. The second-order valence-corrected chi connectivity index (χ2v) is 8.34. The van der Waals surface area contributed by atoms with Gasteiger partial charge in [0.1, 0.15) is 11.5 Å². The van der Waals surface area contributed by atoms with E-state index in [0.717, 1.165) is 0 Å². The molecular formula is C23H27FN4O4S. The highest BCUT2D eigenvalue weighted by Gasteiger charge is 2.23. The van der Waals surface area contributed by atoms with Crippen molar-refractivity contribution in [1.29, 1.82) is 0 Å². The van der Waals surface area contributed by atoms with E-state index in [1.165, 1.54) is 24.9 Å². The molecule has 1 N–H and O–H groups in total. The van der Waals surface area contributed by atoms with Gasteiger partial charge in [-0.15, -0.1) is 10.2 Å². The number of para-hydroxylation sites is 1. The second kappa shape index (κ2) is 11.0. The fourth-order valence-electron chi connectivity index (χ4n) is 3.16. The predicted octanol–water partition coefficient (Wildman–Crippen LogP) is 4.89. The maximum atomic E-state index is 14.0. The summed E-state index contributed by atoms with van der Waals surface area (Å²) < 4.78 is 32.2. The van der Waals surface area contributed by atoms with Crippen LogP contribution in [0.4, 0.5) is 10.1 Å². The summed E-state index contributed by atoms with van der Waals surface area (Å²) in [5.74, 6) is 1.25. The number of aromatic nitrogens is 3. The molecule has 1 unspecified atom stereocenters. The van der Waals surface area contributed by atoms with E-state index in [0.29, 0.717) is 28.2 Å². The normalized spacial score (nSPS) is 11.8. The number of hydrogen-bond donors (Lipinski definition) is 1. The molecule has 10 heteroatoms. The monoisotopic (exact) mass is 474 g/mol. The third-order valence-corrected chi connectivity index (χ3v) is 5.67. The Hall–Kier alpha value is -3.27. The fraction of sp³-hybridized carbons (Fsp3) is 0.348. The average Bonchev–Trinajstić information content (AvgIpc) is 3.23. The number of amides is 1. The lowest BCUT2D eigenvalue weighted by Gasteiger charge is -2.19. The first-order valence-electron chi connectivity index (χ1n) is 10.3. The largest absolute Gasteiger partial charge is 0.497 e. The van der Waals surface area contributed by atoms with Crippen LogP contribution < -0.4 is 19.5 Å². The van der Waals surface area contributed by atoms with Crippen LogP contribution in [0.5, 0.6) is 17.2 Å². The number of carbonyl (C=O) groups is 1. The number of anilines is 1.